The fourth-order valence-electron chi connectivity index (χ4n) is 5.87. The summed E-state index contributed by atoms with van der Waals surface area (Å²) in [4.78, 5) is 0. The molecule has 0 nitrogen and oxygen atoms in total. The van der Waals surface area contributed by atoms with E-state index in [1.165, 1.54) is 25.7 Å². The number of benzene rings is 7. The molecule has 0 fully saturated rings. The predicted octanol–water partition coefficient (Wildman–Crippen LogP) is 11.4. The fourth-order valence-corrected chi connectivity index (χ4v) is 7.11. The fraction of sp³-hybridized carbons (Fsp3) is 0. The highest BCUT2D eigenvalue weighted by molar-refractivity contribution is 7.26. The van der Waals surface area contributed by atoms with E-state index in [0.717, 1.165) is 38.2 Å². The van der Waals surface area contributed by atoms with Gasteiger partial charge in [-0.2, -0.15) is 0 Å². The maximum Gasteiger partial charge on any atom is 0.0629 e. The summed E-state index contributed by atoms with van der Waals surface area (Å²) in [5.41, 5.74) is 5.35. The smallest absolute Gasteiger partial charge is 0.0629 e. The van der Waals surface area contributed by atoms with Gasteiger partial charge in [-0.15, -0.1) is 11.3 Å². The minimum absolute atomic E-state index is 0.196. The van der Waals surface area contributed by atoms with Crippen LogP contribution in [0, 0.1) is 0 Å². The predicted molar refractivity (Wildman–Crippen MR) is 171 cm³/mol. The Bertz CT molecular complexity index is 2350. The third kappa shape index (κ3) is 3.51. The van der Waals surface area contributed by atoms with E-state index in [1.54, 1.807) is 0 Å². The van der Waals surface area contributed by atoms with Crippen LogP contribution in [-0.2, 0) is 0 Å². The van der Waals surface area contributed by atoms with E-state index < -0.39 is 0 Å². The molecule has 0 spiro atoms. The maximum atomic E-state index is 8.77. The highest BCUT2D eigenvalue weighted by Crippen LogP contribution is 2.44. The van der Waals surface area contributed by atoms with Crippen LogP contribution < -0.4 is 0 Å². The summed E-state index contributed by atoms with van der Waals surface area (Å²) in [6.07, 6.45) is 0. The molecule has 0 radical (unpaired) electrons. The quantitative estimate of drug-likeness (QED) is 0.204. The zero-order valence-corrected chi connectivity index (χ0v) is 21.7. The van der Waals surface area contributed by atoms with Crippen LogP contribution in [0.15, 0.2) is 145 Å². The summed E-state index contributed by atoms with van der Waals surface area (Å²) < 4.78 is 44.9. The maximum absolute atomic E-state index is 8.77. The second kappa shape index (κ2) is 8.94. The SMILES string of the molecule is [2H]c1c([2H])c([2H])c(-c2c3ccccc3c(-c3ccc(-c4cccc5c4sc4ccccc45)cc3)c3ccccc23)c([2H])c1[2H]. The van der Waals surface area contributed by atoms with Gasteiger partial charge in [0.05, 0.1) is 6.85 Å². The molecule has 182 valence electrons. The van der Waals surface area contributed by atoms with Gasteiger partial charge in [-0.3, -0.25) is 0 Å². The first-order valence-corrected chi connectivity index (χ1v) is 13.8. The standard InChI is InChI=1S/C38H24S/c1-2-11-26(12-3-1)36-30-14-4-6-16-32(30)37(33-17-7-5-15-31(33)36)27-23-21-25(22-24-27)28-18-10-19-34-29-13-8-9-20-35(29)39-38(28)34/h1-24H/i1D,2D,3D,11D,12D. The molecule has 0 aliphatic carbocycles. The Hall–Kier alpha value is -4.72. The van der Waals surface area contributed by atoms with Crippen molar-refractivity contribution in [2.75, 3.05) is 0 Å². The molecular formula is C38H24S. The summed E-state index contributed by atoms with van der Waals surface area (Å²) in [6.45, 7) is 0. The monoisotopic (exact) mass is 517 g/mol. The third-order valence-corrected chi connectivity index (χ3v) is 8.79. The van der Waals surface area contributed by atoms with Gasteiger partial charge in [-0.1, -0.05) is 139 Å². The molecule has 39 heavy (non-hydrogen) atoms. The Morgan fingerprint density at radius 1 is 0.410 bits per heavy atom. The van der Waals surface area contributed by atoms with Gasteiger partial charge in [0, 0.05) is 20.2 Å². The molecule has 0 saturated carbocycles. The van der Waals surface area contributed by atoms with Gasteiger partial charge >= 0.3 is 0 Å². The summed E-state index contributed by atoms with van der Waals surface area (Å²) in [5, 5.41) is 6.17. The van der Waals surface area contributed by atoms with Crippen molar-refractivity contribution in [3.05, 3.63) is 145 Å². The zero-order valence-electron chi connectivity index (χ0n) is 25.9. The van der Waals surface area contributed by atoms with E-state index in [-0.39, 0.29) is 35.8 Å². The molecule has 1 heterocycles. The number of thiophene rings is 1. The first kappa shape index (κ1) is 17.7. The second-order valence-corrected chi connectivity index (χ2v) is 10.8. The van der Waals surface area contributed by atoms with Crippen molar-refractivity contribution in [2.24, 2.45) is 0 Å². The highest BCUT2D eigenvalue weighted by Gasteiger charge is 2.16. The number of rotatable bonds is 3. The lowest BCUT2D eigenvalue weighted by Crippen LogP contribution is -1.90. The van der Waals surface area contributed by atoms with E-state index in [4.69, 9.17) is 6.85 Å². The Balaban J connectivity index is 1.37. The van der Waals surface area contributed by atoms with E-state index in [0.29, 0.717) is 5.56 Å². The number of hydrogen-bond donors (Lipinski definition) is 0. The molecule has 1 aromatic heterocycles. The lowest BCUT2D eigenvalue weighted by Gasteiger charge is -2.18. The van der Waals surface area contributed by atoms with Crippen LogP contribution in [0.5, 0.6) is 0 Å². The normalized spacial score (nSPS) is 13.4. The van der Waals surface area contributed by atoms with Crippen molar-refractivity contribution in [2.45, 2.75) is 0 Å². The summed E-state index contributed by atoms with van der Waals surface area (Å²) >= 11 is 1.82. The largest absolute Gasteiger partial charge is 0.135 e. The van der Waals surface area contributed by atoms with E-state index >= 15 is 0 Å². The van der Waals surface area contributed by atoms with E-state index in [9.17, 15) is 0 Å². The lowest BCUT2D eigenvalue weighted by molar-refractivity contribution is 1.64. The van der Waals surface area contributed by atoms with Crippen LogP contribution in [0.2, 0.25) is 0 Å². The molecule has 7 aromatic carbocycles. The Morgan fingerprint density at radius 3 is 1.56 bits per heavy atom. The van der Waals surface area contributed by atoms with Crippen LogP contribution in [-0.4, -0.2) is 0 Å². The van der Waals surface area contributed by atoms with Crippen LogP contribution >= 0.6 is 11.3 Å². The minimum atomic E-state index is -0.389. The van der Waals surface area contributed by atoms with Crippen LogP contribution in [0.4, 0.5) is 0 Å². The van der Waals surface area contributed by atoms with Crippen molar-refractivity contribution in [1.82, 2.24) is 0 Å². The second-order valence-electron chi connectivity index (χ2n) is 9.70. The molecule has 0 aliphatic heterocycles. The van der Waals surface area contributed by atoms with Crippen LogP contribution in [0.3, 0.4) is 0 Å². The van der Waals surface area contributed by atoms with E-state index in [1.807, 2.05) is 47.7 Å². The van der Waals surface area contributed by atoms with Gasteiger partial charge in [-0.25, -0.2) is 0 Å². The minimum Gasteiger partial charge on any atom is -0.135 e. The van der Waals surface area contributed by atoms with Gasteiger partial charge in [0.15, 0.2) is 0 Å². The van der Waals surface area contributed by atoms with Gasteiger partial charge in [0.2, 0.25) is 0 Å². The summed E-state index contributed by atoms with van der Waals surface area (Å²) in [7, 11) is 0. The molecule has 0 bridgehead atoms. The van der Waals surface area contributed by atoms with Crippen molar-refractivity contribution >= 4 is 53.1 Å². The van der Waals surface area contributed by atoms with Gasteiger partial charge in [-0.05, 0) is 61.0 Å². The highest BCUT2D eigenvalue weighted by atomic mass is 32.1. The lowest BCUT2D eigenvalue weighted by atomic mass is 9.86. The van der Waals surface area contributed by atoms with Crippen LogP contribution in [0.1, 0.15) is 6.85 Å². The molecule has 0 saturated heterocycles. The van der Waals surface area contributed by atoms with Gasteiger partial charge in [0.25, 0.3) is 0 Å². The number of hydrogen-bond acceptors (Lipinski definition) is 1. The summed E-state index contributed by atoms with van der Waals surface area (Å²) in [6, 6.07) is 38.2. The molecule has 0 amide bonds. The van der Waals surface area contributed by atoms with Crippen molar-refractivity contribution in [3.8, 4) is 33.4 Å². The molecule has 1 heteroatoms. The van der Waals surface area contributed by atoms with Crippen molar-refractivity contribution < 1.29 is 6.85 Å². The molecule has 0 N–H and O–H groups in total. The number of fused-ring (bicyclic) bond motifs is 5. The zero-order chi connectivity index (χ0) is 30.1. The van der Waals surface area contributed by atoms with Crippen molar-refractivity contribution in [1.29, 1.82) is 0 Å². The van der Waals surface area contributed by atoms with Gasteiger partial charge < -0.3 is 0 Å². The molecule has 8 aromatic rings. The Kier molecular flexibility index (Phi) is 4.06. The Morgan fingerprint density at radius 2 is 0.923 bits per heavy atom. The topological polar surface area (TPSA) is 0 Å². The molecular weight excluding hydrogens is 488 g/mol. The third-order valence-electron chi connectivity index (χ3n) is 7.57. The van der Waals surface area contributed by atoms with Crippen molar-refractivity contribution in [3.63, 3.8) is 0 Å². The molecule has 0 atom stereocenters. The average molecular weight is 518 g/mol. The molecule has 8 rings (SSSR count). The Labute approximate surface area is 238 Å². The first-order valence-electron chi connectivity index (χ1n) is 15.5. The average Bonchev–Trinajstić information content (AvgIpc) is 3.45. The molecule has 0 unspecified atom stereocenters. The molecule has 0 aliphatic rings. The van der Waals surface area contributed by atoms with E-state index in [2.05, 4.69) is 78.9 Å². The van der Waals surface area contributed by atoms with Gasteiger partial charge in [0.1, 0.15) is 0 Å². The first-order chi connectivity index (χ1) is 21.4. The summed E-state index contributed by atoms with van der Waals surface area (Å²) in [5.74, 6) is 0. The van der Waals surface area contributed by atoms with Crippen LogP contribution in [0.25, 0.3) is 75.1 Å².